The average molecular weight is 660 g/mol. The number of hydrazine groups is 1. The summed E-state index contributed by atoms with van der Waals surface area (Å²) < 4.78 is 5.38. The van der Waals surface area contributed by atoms with E-state index >= 15 is 4.79 Å². The number of allylic oxidation sites excluding steroid dienone is 2. The van der Waals surface area contributed by atoms with Crippen LogP contribution in [0.2, 0.25) is 0 Å². The molecule has 3 aromatic rings. The average Bonchev–Trinajstić information content (AvgIpc) is 3.50. The number of aromatic hydroxyl groups is 1. The lowest BCUT2D eigenvalue weighted by molar-refractivity contribution is -0.144. The summed E-state index contributed by atoms with van der Waals surface area (Å²) >= 11 is 0. The molecule has 2 aliphatic heterocycles. The molecule has 4 amide bonds. The van der Waals surface area contributed by atoms with E-state index in [2.05, 4.69) is 11.5 Å². The molecule has 8 rings (SSSR count). The number of ether oxygens (including phenoxy) is 1. The normalized spacial score (nSPS) is 29.8. The minimum atomic E-state index is -1.39. The van der Waals surface area contributed by atoms with Crippen molar-refractivity contribution in [3.63, 3.8) is 0 Å². The van der Waals surface area contributed by atoms with Crippen LogP contribution in [0.3, 0.4) is 0 Å². The van der Waals surface area contributed by atoms with Gasteiger partial charge in [-0.15, -0.1) is 0 Å². The van der Waals surface area contributed by atoms with Crippen molar-refractivity contribution in [2.75, 3.05) is 12.5 Å². The van der Waals surface area contributed by atoms with Gasteiger partial charge in [0.2, 0.25) is 11.8 Å². The van der Waals surface area contributed by atoms with Gasteiger partial charge in [-0.05, 0) is 73.9 Å². The number of anilines is 1. The van der Waals surface area contributed by atoms with Crippen LogP contribution in [-0.4, -0.2) is 51.8 Å². The Morgan fingerprint density at radius 2 is 1.59 bits per heavy atom. The predicted molar refractivity (Wildman–Crippen MR) is 182 cm³/mol. The molecule has 49 heavy (non-hydrogen) atoms. The number of methoxy groups -OCH3 is 1. The number of aryl methyl sites for hydroxylation is 1. The van der Waals surface area contributed by atoms with Gasteiger partial charge in [-0.1, -0.05) is 85.0 Å². The van der Waals surface area contributed by atoms with E-state index in [-0.39, 0.29) is 41.7 Å². The van der Waals surface area contributed by atoms with Crippen LogP contribution in [0.5, 0.6) is 11.5 Å². The van der Waals surface area contributed by atoms with Gasteiger partial charge >= 0.3 is 0 Å². The number of amides is 4. The van der Waals surface area contributed by atoms with Gasteiger partial charge in [-0.3, -0.25) is 29.5 Å². The molecule has 2 saturated heterocycles. The highest BCUT2D eigenvalue weighted by Crippen LogP contribution is 2.64. The van der Waals surface area contributed by atoms with Crippen LogP contribution in [0, 0.1) is 30.6 Å². The van der Waals surface area contributed by atoms with Crippen LogP contribution in [0.15, 0.2) is 84.4 Å². The van der Waals surface area contributed by atoms with E-state index in [9.17, 15) is 19.5 Å². The maximum Gasteiger partial charge on any atom is 0.260 e. The third-order valence-corrected chi connectivity index (χ3v) is 11.9. The highest BCUT2D eigenvalue weighted by Gasteiger charge is 2.70. The molecule has 0 radical (unpaired) electrons. The summed E-state index contributed by atoms with van der Waals surface area (Å²) in [5.41, 5.74) is 5.58. The summed E-state index contributed by atoms with van der Waals surface area (Å²) in [6.45, 7) is 1.97. The zero-order valence-electron chi connectivity index (χ0n) is 27.8. The maximum absolute atomic E-state index is 15.2. The van der Waals surface area contributed by atoms with Crippen molar-refractivity contribution in [2.24, 2.45) is 23.7 Å². The summed E-state index contributed by atoms with van der Waals surface area (Å²) in [6, 6.07) is 21.9. The first kappa shape index (κ1) is 31.4. The van der Waals surface area contributed by atoms with E-state index in [1.54, 1.807) is 17.0 Å². The minimum absolute atomic E-state index is 0.0850. The Labute approximate surface area is 285 Å². The lowest BCUT2D eigenvalue weighted by atomic mass is 9.49. The van der Waals surface area contributed by atoms with Crippen molar-refractivity contribution in [3.8, 4) is 11.5 Å². The number of imide groups is 2. The molecule has 0 aromatic heterocycles. The van der Waals surface area contributed by atoms with Crippen molar-refractivity contribution in [3.05, 3.63) is 101 Å². The number of carbonyl (C=O) groups is 4. The standard InChI is InChI=1S/C40H41N3O6/c1-23-13-16-26(17-14-23)41-43-37(46)31-22-30-28(18-19-29-34(30)38(47)42(36(29)45)27-11-7-4-8-12-27)35(24-15-20-33(49-2)32(44)21-24)40(31,39(43)48)25-9-5-3-6-10-25/h3,5-6,9-10,13-18,20-21,27,29-31,34-35,41,44H,4,7-8,11-12,19,22H2,1-2H3/t29-,30+,31-,34-,35-,40+/m0/s1. The number of carbonyl (C=O) groups excluding carboxylic acids is 4. The summed E-state index contributed by atoms with van der Waals surface area (Å²) in [4.78, 5) is 60.0. The van der Waals surface area contributed by atoms with Gasteiger partial charge in [0.25, 0.3) is 11.8 Å². The lowest BCUT2D eigenvalue weighted by Gasteiger charge is -2.50. The van der Waals surface area contributed by atoms with Crippen LogP contribution in [0.4, 0.5) is 5.69 Å². The van der Waals surface area contributed by atoms with Crippen molar-refractivity contribution >= 4 is 29.3 Å². The summed E-state index contributed by atoms with van der Waals surface area (Å²) in [5.74, 6) is -3.91. The molecule has 5 aliphatic rings. The monoisotopic (exact) mass is 659 g/mol. The highest BCUT2D eigenvalue weighted by molar-refractivity contribution is 6.13. The minimum Gasteiger partial charge on any atom is -0.504 e. The first-order valence-electron chi connectivity index (χ1n) is 17.5. The molecule has 9 nitrogen and oxygen atoms in total. The number of benzene rings is 3. The quantitative estimate of drug-likeness (QED) is 0.245. The second-order valence-electron chi connectivity index (χ2n) is 14.4. The molecule has 3 aliphatic carbocycles. The number of phenols is 1. The first-order valence-corrected chi connectivity index (χ1v) is 17.5. The smallest absolute Gasteiger partial charge is 0.260 e. The number of nitrogens with one attached hydrogen (secondary N) is 1. The van der Waals surface area contributed by atoms with Crippen molar-refractivity contribution < 1.29 is 29.0 Å². The largest absolute Gasteiger partial charge is 0.504 e. The molecule has 2 heterocycles. The van der Waals surface area contributed by atoms with E-state index in [1.807, 2.05) is 67.6 Å². The lowest BCUT2D eigenvalue weighted by Crippen LogP contribution is -2.53. The van der Waals surface area contributed by atoms with E-state index in [4.69, 9.17) is 4.74 Å². The van der Waals surface area contributed by atoms with Gasteiger partial charge in [0.05, 0.1) is 36.0 Å². The molecule has 3 aromatic carbocycles. The Balaban J connectivity index is 1.31. The summed E-state index contributed by atoms with van der Waals surface area (Å²) in [7, 11) is 1.48. The highest BCUT2D eigenvalue weighted by atomic mass is 16.5. The van der Waals surface area contributed by atoms with Gasteiger partial charge in [0, 0.05) is 12.0 Å². The molecule has 2 saturated carbocycles. The van der Waals surface area contributed by atoms with Gasteiger partial charge in [-0.2, -0.15) is 5.01 Å². The Bertz CT molecular complexity index is 1870. The van der Waals surface area contributed by atoms with Crippen LogP contribution in [-0.2, 0) is 24.6 Å². The predicted octanol–water partition coefficient (Wildman–Crippen LogP) is 6.03. The number of fused-ring (bicyclic) bond motifs is 4. The fraction of sp³-hybridized carbons (Fsp3) is 0.400. The summed E-state index contributed by atoms with van der Waals surface area (Å²) in [6.07, 6.45) is 7.42. The summed E-state index contributed by atoms with van der Waals surface area (Å²) in [5, 5.41) is 12.2. The van der Waals surface area contributed by atoms with Crippen LogP contribution in [0.1, 0.15) is 67.6 Å². The molecule has 0 spiro atoms. The molecule has 0 bridgehead atoms. The van der Waals surface area contributed by atoms with Gasteiger partial charge < -0.3 is 9.84 Å². The maximum atomic E-state index is 15.2. The fourth-order valence-electron chi connectivity index (χ4n) is 9.73. The third-order valence-electron chi connectivity index (χ3n) is 11.9. The zero-order chi connectivity index (χ0) is 34.0. The fourth-order valence-corrected chi connectivity index (χ4v) is 9.73. The third kappa shape index (κ3) is 4.65. The van der Waals surface area contributed by atoms with Crippen LogP contribution < -0.4 is 10.2 Å². The van der Waals surface area contributed by atoms with Crippen LogP contribution in [0.25, 0.3) is 0 Å². The Morgan fingerprint density at radius 3 is 2.29 bits per heavy atom. The molecular weight excluding hydrogens is 618 g/mol. The Hall–Kier alpha value is -4.92. The van der Waals surface area contributed by atoms with Gasteiger partial charge in [-0.25, -0.2) is 0 Å². The Morgan fingerprint density at radius 1 is 0.857 bits per heavy atom. The molecule has 4 fully saturated rings. The number of phenolic OH excluding ortho intramolecular Hbond substituents is 1. The molecule has 9 heteroatoms. The van der Waals surface area contributed by atoms with Crippen molar-refractivity contribution in [2.45, 2.75) is 69.2 Å². The SMILES string of the molecule is COc1ccc([C@H]2C3=CC[C@@H]4C(=O)N(C5CCCCC5)C(=O)[C@@H]4[C@@H]3C[C@H]3C(=O)N(Nc4ccc(C)cc4)C(=O)[C@@]23c2ccccc2)cc1O. The number of hydrogen-bond donors (Lipinski definition) is 2. The number of hydrogen-bond acceptors (Lipinski definition) is 7. The molecule has 0 unspecified atom stereocenters. The zero-order valence-corrected chi connectivity index (χ0v) is 27.8. The Kier molecular flexibility index (Phi) is 7.61. The number of rotatable bonds is 6. The molecule has 252 valence electrons. The first-order chi connectivity index (χ1) is 23.7. The van der Waals surface area contributed by atoms with Gasteiger partial charge in [0.15, 0.2) is 11.5 Å². The number of nitrogens with zero attached hydrogens (tertiary/aromatic N) is 2. The topological polar surface area (TPSA) is 116 Å². The van der Waals surface area contributed by atoms with Crippen molar-refractivity contribution in [1.82, 2.24) is 9.91 Å². The molecular formula is C40H41N3O6. The second kappa shape index (κ2) is 11.9. The second-order valence-corrected chi connectivity index (χ2v) is 14.4. The molecule has 6 atom stereocenters. The van der Waals surface area contributed by atoms with Gasteiger partial charge in [0.1, 0.15) is 0 Å². The molecule has 2 N–H and O–H groups in total. The number of likely N-dealkylation sites (tertiary alicyclic amines) is 1. The van der Waals surface area contributed by atoms with E-state index in [0.29, 0.717) is 23.2 Å². The van der Waals surface area contributed by atoms with Crippen LogP contribution >= 0.6 is 0 Å². The van der Waals surface area contributed by atoms with Crippen molar-refractivity contribution in [1.29, 1.82) is 0 Å². The van der Waals surface area contributed by atoms with E-state index in [0.717, 1.165) is 48.2 Å². The van der Waals surface area contributed by atoms with E-state index < -0.39 is 40.9 Å². The van der Waals surface area contributed by atoms with E-state index in [1.165, 1.54) is 7.11 Å².